The number of hydrogen-bond acceptors (Lipinski definition) is 2. The van der Waals surface area contributed by atoms with Crippen LogP contribution >= 0.6 is 0 Å². The molecule has 1 aromatic carbocycles. The first kappa shape index (κ1) is 16.6. The standard InChI is InChI=1S/C21H28N2O2/c24-20(22-18-14-17(18)15-8-3-1-4-9-15)19-12-7-13-23(19)21(25)16-10-5-2-6-11-16/h1,3-4,8-9,16-19H,2,5-7,10-14H2,(H,22,24)/t17-,18+,19+/m0/s1. The van der Waals surface area contributed by atoms with Crippen molar-refractivity contribution < 1.29 is 9.59 Å². The van der Waals surface area contributed by atoms with Crippen LogP contribution in [0.3, 0.4) is 0 Å². The first-order chi connectivity index (χ1) is 12.2. The second-order valence-corrected chi connectivity index (χ2v) is 7.89. The van der Waals surface area contributed by atoms with Gasteiger partial charge in [0.25, 0.3) is 0 Å². The quantitative estimate of drug-likeness (QED) is 0.915. The van der Waals surface area contributed by atoms with Gasteiger partial charge in [0.2, 0.25) is 11.8 Å². The molecule has 2 saturated carbocycles. The van der Waals surface area contributed by atoms with Gasteiger partial charge in [0.05, 0.1) is 0 Å². The molecule has 1 heterocycles. The van der Waals surface area contributed by atoms with Crippen molar-refractivity contribution in [3.8, 4) is 0 Å². The van der Waals surface area contributed by atoms with Crippen molar-refractivity contribution in [2.75, 3.05) is 6.54 Å². The minimum atomic E-state index is -0.244. The third kappa shape index (κ3) is 3.58. The molecule has 1 saturated heterocycles. The van der Waals surface area contributed by atoms with E-state index >= 15 is 0 Å². The van der Waals surface area contributed by atoms with Crippen LogP contribution in [0.4, 0.5) is 0 Å². The zero-order valence-corrected chi connectivity index (χ0v) is 14.8. The fourth-order valence-electron chi connectivity index (χ4n) is 4.59. The second kappa shape index (κ2) is 7.19. The van der Waals surface area contributed by atoms with Gasteiger partial charge in [-0.05, 0) is 37.7 Å². The number of nitrogens with zero attached hydrogens (tertiary/aromatic N) is 1. The van der Waals surface area contributed by atoms with Gasteiger partial charge >= 0.3 is 0 Å². The van der Waals surface area contributed by atoms with E-state index in [1.807, 2.05) is 23.1 Å². The summed E-state index contributed by atoms with van der Waals surface area (Å²) in [7, 11) is 0. The molecule has 25 heavy (non-hydrogen) atoms. The van der Waals surface area contributed by atoms with Crippen molar-refractivity contribution in [2.45, 2.75) is 69.4 Å². The number of benzene rings is 1. The Hall–Kier alpha value is -1.84. The van der Waals surface area contributed by atoms with Crippen LogP contribution in [0, 0.1) is 5.92 Å². The van der Waals surface area contributed by atoms with Gasteiger partial charge in [0.15, 0.2) is 0 Å². The normalized spacial score (nSPS) is 29.4. The fourth-order valence-corrected chi connectivity index (χ4v) is 4.59. The molecule has 3 atom stereocenters. The first-order valence-electron chi connectivity index (χ1n) is 9.90. The number of amides is 2. The van der Waals surface area contributed by atoms with Gasteiger partial charge in [-0.2, -0.15) is 0 Å². The Morgan fingerprint density at radius 1 is 0.960 bits per heavy atom. The Morgan fingerprint density at radius 2 is 1.72 bits per heavy atom. The fraction of sp³-hybridized carbons (Fsp3) is 0.619. The molecule has 0 aromatic heterocycles. The summed E-state index contributed by atoms with van der Waals surface area (Å²) >= 11 is 0. The van der Waals surface area contributed by atoms with Gasteiger partial charge in [-0.3, -0.25) is 9.59 Å². The van der Waals surface area contributed by atoms with Crippen molar-refractivity contribution in [1.82, 2.24) is 10.2 Å². The Morgan fingerprint density at radius 3 is 2.48 bits per heavy atom. The molecule has 3 aliphatic rings. The summed E-state index contributed by atoms with van der Waals surface area (Å²) < 4.78 is 0. The Labute approximate surface area is 150 Å². The number of nitrogens with one attached hydrogen (secondary N) is 1. The molecule has 1 aliphatic heterocycles. The Balaban J connectivity index is 1.34. The summed E-state index contributed by atoms with van der Waals surface area (Å²) in [6, 6.07) is 10.4. The molecule has 4 heteroatoms. The van der Waals surface area contributed by atoms with E-state index in [9.17, 15) is 9.59 Å². The van der Waals surface area contributed by atoms with Crippen molar-refractivity contribution in [2.24, 2.45) is 5.92 Å². The van der Waals surface area contributed by atoms with Crippen LogP contribution in [0.15, 0.2) is 30.3 Å². The van der Waals surface area contributed by atoms with E-state index < -0.39 is 0 Å². The minimum Gasteiger partial charge on any atom is -0.351 e. The van der Waals surface area contributed by atoms with Gasteiger partial charge < -0.3 is 10.2 Å². The maximum Gasteiger partial charge on any atom is 0.243 e. The summed E-state index contributed by atoms with van der Waals surface area (Å²) in [4.78, 5) is 27.5. The zero-order chi connectivity index (χ0) is 17.2. The molecule has 0 bridgehead atoms. The lowest BCUT2D eigenvalue weighted by molar-refractivity contribution is -0.142. The molecule has 3 fully saturated rings. The van der Waals surface area contributed by atoms with Gasteiger partial charge in [-0.1, -0.05) is 49.6 Å². The predicted molar refractivity (Wildman–Crippen MR) is 97.0 cm³/mol. The van der Waals surface area contributed by atoms with Gasteiger partial charge in [-0.25, -0.2) is 0 Å². The van der Waals surface area contributed by atoms with Crippen molar-refractivity contribution >= 4 is 11.8 Å². The van der Waals surface area contributed by atoms with E-state index in [2.05, 4.69) is 17.4 Å². The molecular formula is C21H28N2O2. The summed E-state index contributed by atoms with van der Waals surface area (Å²) in [5.41, 5.74) is 1.30. The van der Waals surface area contributed by atoms with E-state index in [1.165, 1.54) is 12.0 Å². The number of rotatable bonds is 4. The van der Waals surface area contributed by atoms with E-state index in [1.54, 1.807) is 0 Å². The molecule has 1 N–H and O–H groups in total. The van der Waals surface area contributed by atoms with Gasteiger partial charge in [0.1, 0.15) is 6.04 Å². The molecule has 0 spiro atoms. The minimum absolute atomic E-state index is 0.0603. The monoisotopic (exact) mass is 340 g/mol. The highest BCUT2D eigenvalue weighted by molar-refractivity contribution is 5.89. The summed E-state index contributed by atoms with van der Waals surface area (Å²) in [6.07, 6.45) is 8.33. The smallest absolute Gasteiger partial charge is 0.243 e. The third-order valence-corrected chi connectivity index (χ3v) is 6.14. The summed E-state index contributed by atoms with van der Waals surface area (Å²) in [6.45, 7) is 0.750. The van der Waals surface area contributed by atoms with E-state index in [-0.39, 0.29) is 29.8 Å². The topological polar surface area (TPSA) is 49.4 Å². The lowest BCUT2D eigenvalue weighted by atomic mass is 9.88. The highest BCUT2D eigenvalue weighted by atomic mass is 16.2. The lowest BCUT2D eigenvalue weighted by Crippen LogP contribution is -2.48. The summed E-state index contributed by atoms with van der Waals surface area (Å²) in [5.74, 6) is 0.882. The average molecular weight is 340 g/mol. The van der Waals surface area contributed by atoms with E-state index in [0.717, 1.165) is 51.5 Å². The number of carbonyl (C=O) groups excluding carboxylic acids is 2. The number of hydrogen-bond donors (Lipinski definition) is 1. The maximum atomic E-state index is 12.8. The van der Waals surface area contributed by atoms with Crippen LogP contribution in [-0.2, 0) is 9.59 Å². The molecule has 1 aromatic rings. The highest BCUT2D eigenvalue weighted by Gasteiger charge is 2.43. The van der Waals surface area contributed by atoms with Crippen LogP contribution in [0.2, 0.25) is 0 Å². The lowest BCUT2D eigenvalue weighted by Gasteiger charge is -2.30. The van der Waals surface area contributed by atoms with Crippen molar-refractivity contribution in [3.63, 3.8) is 0 Å². The van der Waals surface area contributed by atoms with Gasteiger partial charge in [0, 0.05) is 24.4 Å². The average Bonchev–Trinajstić information content (AvgIpc) is 3.25. The molecule has 2 aliphatic carbocycles. The summed E-state index contributed by atoms with van der Waals surface area (Å²) in [5, 5.41) is 3.20. The van der Waals surface area contributed by atoms with Crippen LogP contribution in [0.5, 0.6) is 0 Å². The third-order valence-electron chi connectivity index (χ3n) is 6.14. The van der Waals surface area contributed by atoms with E-state index in [4.69, 9.17) is 0 Å². The first-order valence-corrected chi connectivity index (χ1v) is 9.90. The molecule has 2 amide bonds. The predicted octanol–water partition coefficient (Wildman–Crippen LogP) is 3.23. The Kier molecular flexibility index (Phi) is 4.78. The molecule has 134 valence electrons. The maximum absolute atomic E-state index is 12.8. The largest absolute Gasteiger partial charge is 0.351 e. The number of carbonyl (C=O) groups is 2. The van der Waals surface area contributed by atoms with Crippen molar-refractivity contribution in [1.29, 1.82) is 0 Å². The van der Waals surface area contributed by atoms with Crippen LogP contribution in [0.1, 0.15) is 62.8 Å². The zero-order valence-electron chi connectivity index (χ0n) is 14.8. The Bertz CT molecular complexity index is 624. The molecule has 0 radical (unpaired) electrons. The molecule has 0 unspecified atom stereocenters. The van der Waals surface area contributed by atoms with Crippen LogP contribution in [-0.4, -0.2) is 35.3 Å². The van der Waals surface area contributed by atoms with Crippen LogP contribution in [0.25, 0.3) is 0 Å². The van der Waals surface area contributed by atoms with Crippen molar-refractivity contribution in [3.05, 3.63) is 35.9 Å². The number of likely N-dealkylation sites (tertiary alicyclic amines) is 1. The molecular weight excluding hydrogens is 312 g/mol. The molecule has 4 nitrogen and oxygen atoms in total. The highest BCUT2D eigenvalue weighted by Crippen LogP contribution is 2.41. The SMILES string of the molecule is O=C(N[C@@H]1C[C@H]1c1ccccc1)[C@H]1CCCN1C(=O)C1CCCCC1. The second-order valence-electron chi connectivity index (χ2n) is 7.89. The van der Waals surface area contributed by atoms with E-state index in [0.29, 0.717) is 5.92 Å². The molecule has 4 rings (SSSR count). The van der Waals surface area contributed by atoms with Gasteiger partial charge in [-0.15, -0.1) is 0 Å². The van der Waals surface area contributed by atoms with Crippen LogP contribution < -0.4 is 5.32 Å².